The second-order valence-electron chi connectivity index (χ2n) is 6.82. The minimum atomic E-state index is -2.58. The zero-order valence-corrected chi connectivity index (χ0v) is 15.9. The van der Waals surface area contributed by atoms with E-state index >= 15 is 0 Å². The molecule has 150 valence electrons. The summed E-state index contributed by atoms with van der Waals surface area (Å²) in [6.45, 7) is -0.760. The molecule has 1 amide bonds. The molecule has 1 saturated heterocycles. The van der Waals surface area contributed by atoms with Crippen molar-refractivity contribution in [1.29, 1.82) is 0 Å². The average Bonchev–Trinajstić information content (AvgIpc) is 2.78. The zero-order chi connectivity index (χ0) is 24.7. The van der Waals surface area contributed by atoms with Crippen LogP contribution in [0.4, 0.5) is 5.69 Å². The van der Waals surface area contributed by atoms with Crippen LogP contribution in [-0.2, 0) is 6.50 Å². The standard InChI is InChI=1S/C21H24N6O2/c1-14-20(28)25-19-11-15(3-5-17(19)24-14)13-26-7-9-27(10-8-26)16-4-6-18(23-12-16)21(29)22-2/h3-6,11-12H,7-10,13H2,1-2H3,(H,22,29)(H,25,28)/i2D3,13D2. The number of anilines is 1. The molecule has 1 aliphatic heterocycles. The number of hydrogen-bond donors (Lipinski definition) is 2. The highest BCUT2D eigenvalue weighted by atomic mass is 16.1. The maximum absolute atomic E-state index is 11.9. The number of rotatable bonds is 4. The van der Waals surface area contributed by atoms with Crippen LogP contribution in [0.15, 0.2) is 41.3 Å². The highest BCUT2D eigenvalue weighted by Gasteiger charge is 2.18. The van der Waals surface area contributed by atoms with Crippen LogP contribution in [0.5, 0.6) is 0 Å². The summed E-state index contributed by atoms with van der Waals surface area (Å²) in [7, 11) is 0. The minimum Gasteiger partial charge on any atom is -0.368 e. The van der Waals surface area contributed by atoms with E-state index in [2.05, 4.69) is 15.0 Å². The number of pyridine rings is 1. The Labute approximate surface area is 175 Å². The molecule has 1 aliphatic rings. The topological polar surface area (TPSA) is 94.2 Å². The lowest BCUT2D eigenvalue weighted by atomic mass is 10.1. The molecule has 8 nitrogen and oxygen atoms in total. The Morgan fingerprint density at radius 1 is 1.28 bits per heavy atom. The van der Waals surface area contributed by atoms with Crippen molar-refractivity contribution < 1.29 is 11.6 Å². The van der Waals surface area contributed by atoms with E-state index in [0.29, 0.717) is 48.5 Å². The number of carbonyl (C=O) groups is 1. The highest BCUT2D eigenvalue weighted by molar-refractivity contribution is 5.92. The molecule has 0 radical (unpaired) electrons. The molecule has 1 aromatic carbocycles. The number of nitrogens with zero attached hydrogens (tertiary/aromatic N) is 4. The number of aromatic nitrogens is 3. The molecule has 4 rings (SSSR count). The number of aromatic amines is 1. The van der Waals surface area contributed by atoms with Gasteiger partial charge in [0.05, 0.1) is 22.9 Å². The molecule has 0 unspecified atom stereocenters. The molecule has 0 bridgehead atoms. The number of H-pyrrole nitrogens is 1. The van der Waals surface area contributed by atoms with E-state index in [9.17, 15) is 9.59 Å². The molecule has 1 fully saturated rings. The summed E-state index contributed by atoms with van der Waals surface area (Å²) in [4.78, 5) is 38.7. The molecule has 29 heavy (non-hydrogen) atoms. The summed E-state index contributed by atoms with van der Waals surface area (Å²) in [6, 6.07) is 8.18. The van der Waals surface area contributed by atoms with Crippen molar-refractivity contribution in [2.45, 2.75) is 13.4 Å². The van der Waals surface area contributed by atoms with Gasteiger partial charge < -0.3 is 15.2 Å². The van der Waals surface area contributed by atoms with Gasteiger partial charge in [0.2, 0.25) is 0 Å². The Kier molecular flexibility index (Phi) is 3.82. The first-order valence-electron chi connectivity index (χ1n) is 11.7. The molecule has 0 atom stereocenters. The van der Waals surface area contributed by atoms with Crippen LogP contribution >= 0.6 is 0 Å². The smallest absolute Gasteiger partial charge is 0.269 e. The second kappa shape index (κ2) is 8.00. The first kappa shape index (κ1) is 13.8. The molecule has 0 aliphatic carbocycles. The van der Waals surface area contributed by atoms with E-state index < -0.39 is 19.4 Å². The van der Waals surface area contributed by atoms with Crippen LogP contribution in [0.3, 0.4) is 0 Å². The highest BCUT2D eigenvalue weighted by Crippen LogP contribution is 2.18. The van der Waals surface area contributed by atoms with Gasteiger partial charge in [0.25, 0.3) is 11.5 Å². The van der Waals surface area contributed by atoms with Gasteiger partial charge in [0.15, 0.2) is 0 Å². The van der Waals surface area contributed by atoms with Gasteiger partial charge in [-0.15, -0.1) is 0 Å². The van der Waals surface area contributed by atoms with Gasteiger partial charge in [-0.25, -0.2) is 9.97 Å². The van der Waals surface area contributed by atoms with Crippen molar-refractivity contribution >= 4 is 22.6 Å². The van der Waals surface area contributed by atoms with E-state index in [1.807, 2.05) is 10.2 Å². The lowest BCUT2D eigenvalue weighted by Gasteiger charge is -2.36. The summed E-state index contributed by atoms with van der Waals surface area (Å²) in [5, 5.41) is 1.90. The average molecular weight is 397 g/mol. The predicted octanol–water partition coefficient (Wildman–Crippen LogP) is 1.31. The van der Waals surface area contributed by atoms with Crippen molar-refractivity contribution in [2.24, 2.45) is 0 Å². The van der Waals surface area contributed by atoms with E-state index in [1.165, 1.54) is 12.3 Å². The number of carbonyl (C=O) groups excluding carboxylic acids is 1. The molecule has 3 aromatic rings. The lowest BCUT2D eigenvalue weighted by molar-refractivity contribution is 0.0958. The van der Waals surface area contributed by atoms with Crippen LogP contribution in [0.25, 0.3) is 11.0 Å². The number of amides is 1. The first-order chi connectivity index (χ1) is 15.9. The first-order valence-corrected chi connectivity index (χ1v) is 9.24. The summed E-state index contributed by atoms with van der Waals surface area (Å²) in [6.07, 6.45) is 1.51. The normalized spacial score (nSPS) is 18.4. The summed E-state index contributed by atoms with van der Waals surface area (Å²) < 4.78 is 38.8. The number of hydrogen-bond acceptors (Lipinski definition) is 6. The fourth-order valence-electron chi connectivity index (χ4n) is 3.28. The van der Waals surface area contributed by atoms with Crippen molar-refractivity contribution in [3.05, 3.63) is 63.8 Å². The number of nitrogens with one attached hydrogen (secondary N) is 2. The third-order valence-corrected chi connectivity index (χ3v) is 4.89. The second-order valence-corrected chi connectivity index (χ2v) is 6.82. The molecule has 2 aromatic heterocycles. The molecule has 2 N–H and O–H groups in total. The fraction of sp³-hybridized carbons (Fsp3) is 0.333. The van der Waals surface area contributed by atoms with Crippen LogP contribution in [0.1, 0.15) is 28.6 Å². The number of piperazine rings is 1. The van der Waals surface area contributed by atoms with E-state index in [4.69, 9.17) is 6.85 Å². The maximum atomic E-state index is 11.9. The van der Waals surface area contributed by atoms with E-state index in [1.54, 1.807) is 36.1 Å². The van der Waals surface area contributed by atoms with E-state index in [0.717, 1.165) is 5.69 Å². The third-order valence-electron chi connectivity index (χ3n) is 4.89. The van der Waals surface area contributed by atoms with Crippen LogP contribution in [0, 0.1) is 6.92 Å². The van der Waals surface area contributed by atoms with Gasteiger partial charge in [-0.3, -0.25) is 14.5 Å². The SMILES string of the molecule is [2H]C([2H])([2H])NC(=O)c1ccc(N2CCN(C([2H])([2H])c3ccc4nc(C)c(=O)[nH]c4c3)CC2)cn1. The Morgan fingerprint density at radius 3 is 2.83 bits per heavy atom. The number of benzene rings is 1. The zero-order valence-electron chi connectivity index (χ0n) is 20.9. The Balaban J connectivity index is 1.44. The van der Waals surface area contributed by atoms with Gasteiger partial charge in [-0.1, -0.05) is 6.07 Å². The summed E-state index contributed by atoms with van der Waals surface area (Å²) >= 11 is 0. The monoisotopic (exact) mass is 397 g/mol. The largest absolute Gasteiger partial charge is 0.368 e. The summed E-state index contributed by atoms with van der Waals surface area (Å²) in [5.74, 6) is -0.772. The Morgan fingerprint density at radius 2 is 2.10 bits per heavy atom. The van der Waals surface area contributed by atoms with E-state index in [-0.39, 0.29) is 11.3 Å². The minimum absolute atomic E-state index is 0.00822. The number of aryl methyl sites for hydroxylation is 1. The lowest BCUT2D eigenvalue weighted by Crippen LogP contribution is -2.46. The van der Waals surface area contributed by atoms with Gasteiger partial charge >= 0.3 is 0 Å². The molecular weight excluding hydrogens is 368 g/mol. The van der Waals surface area contributed by atoms with Crippen molar-refractivity contribution in [1.82, 2.24) is 25.2 Å². The van der Waals surface area contributed by atoms with Gasteiger partial charge in [0, 0.05) is 46.5 Å². The molecule has 3 heterocycles. The van der Waals surface area contributed by atoms with Crippen LogP contribution in [0.2, 0.25) is 0 Å². The van der Waals surface area contributed by atoms with Gasteiger partial charge in [0.1, 0.15) is 11.4 Å². The van der Waals surface area contributed by atoms with Crippen molar-refractivity contribution in [3.63, 3.8) is 0 Å². The van der Waals surface area contributed by atoms with Crippen LogP contribution in [-0.4, -0.2) is 58.9 Å². The Hall–Kier alpha value is -3.26. The molecule has 8 heteroatoms. The number of fused-ring (bicyclic) bond motifs is 1. The molecule has 0 saturated carbocycles. The molecule has 0 spiro atoms. The quantitative estimate of drug-likeness (QED) is 0.689. The fourth-order valence-corrected chi connectivity index (χ4v) is 3.28. The van der Waals surface area contributed by atoms with Crippen LogP contribution < -0.4 is 15.8 Å². The predicted molar refractivity (Wildman–Crippen MR) is 112 cm³/mol. The maximum Gasteiger partial charge on any atom is 0.269 e. The van der Waals surface area contributed by atoms with Gasteiger partial charge in [-0.05, 0) is 36.8 Å². The van der Waals surface area contributed by atoms with Crippen molar-refractivity contribution in [3.8, 4) is 0 Å². The summed E-state index contributed by atoms with van der Waals surface area (Å²) in [5.41, 5.74) is 2.36. The molecular formula is C21H24N6O2. The Bertz CT molecular complexity index is 1270. The van der Waals surface area contributed by atoms with Gasteiger partial charge in [-0.2, -0.15) is 0 Å². The third kappa shape index (κ3) is 4.12. The van der Waals surface area contributed by atoms with Crippen molar-refractivity contribution in [2.75, 3.05) is 38.1 Å².